The van der Waals surface area contributed by atoms with Crippen LogP contribution in [0.25, 0.3) is 0 Å². The van der Waals surface area contributed by atoms with Crippen molar-refractivity contribution in [2.75, 3.05) is 13.7 Å². The van der Waals surface area contributed by atoms with Gasteiger partial charge in [0.05, 0.1) is 10.6 Å². The van der Waals surface area contributed by atoms with Crippen molar-refractivity contribution >= 4 is 11.3 Å². The zero-order valence-electron chi connectivity index (χ0n) is 12.2. The molecule has 1 aromatic rings. The first-order valence-corrected chi connectivity index (χ1v) is 7.54. The maximum atomic E-state index is 5.53. The van der Waals surface area contributed by atoms with Gasteiger partial charge in [0.1, 0.15) is 0 Å². The van der Waals surface area contributed by atoms with E-state index in [1.54, 1.807) is 18.4 Å². The van der Waals surface area contributed by atoms with E-state index in [2.05, 4.69) is 36.5 Å². The fourth-order valence-electron chi connectivity index (χ4n) is 1.95. The first-order chi connectivity index (χ1) is 8.46. The largest absolute Gasteiger partial charge is 0.379 e. The smallest absolute Gasteiger partial charge is 0.0943 e. The minimum atomic E-state index is -0.0856. The Balaban J connectivity index is 2.60. The van der Waals surface area contributed by atoms with Gasteiger partial charge in [-0.1, -0.05) is 6.92 Å². The van der Waals surface area contributed by atoms with Gasteiger partial charge in [0.25, 0.3) is 0 Å². The Labute approximate surface area is 115 Å². The van der Waals surface area contributed by atoms with Gasteiger partial charge in [0.15, 0.2) is 0 Å². The monoisotopic (exact) mass is 270 g/mol. The summed E-state index contributed by atoms with van der Waals surface area (Å²) >= 11 is 1.75. The molecule has 0 aliphatic rings. The number of hydrogen-bond acceptors (Lipinski definition) is 4. The maximum Gasteiger partial charge on any atom is 0.0943 e. The van der Waals surface area contributed by atoms with E-state index in [9.17, 15) is 0 Å². The molecule has 0 amide bonds. The maximum absolute atomic E-state index is 5.53. The molecule has 1 unspecified atom stereocenters. The summed E-state index contributed by atoms with van der Waals surface area (Å²) in [6.07, 6.45) is 3.15. The third-order valence-corrected chi connectivity index (χ3v) is 4.05. The van der Waals surface area contributed by atoms with E-state index >= 15 is 0 Å². The summed E-state index contributed by atoms with van der Waals surface area (Å²) in [5.41, 5.74) is 1.03. The summed E-state index contributed by atoms with van der Waals surface area (Å²) in [6.45, 7) is 9.57. The fourth-order valence-corrected chi connectivity index (χ4v) is 2.80. The minimum absolute atomic E-state index is 0.0856. The highest BCUT2D eigenvalue weighted by atomic mass is 32.1. The molecule has 0 aromatic carbocycles. The van der Waals surface area contributed by atoms with Gasteiger partial charge in [-0.15, -0.1) is 11.3 Å². The van der Waals surface area contributed by atoms with E-state index in [0.29, 0.717) is 6.04 Å². The van der Waals surface area contributed by atoms with Crippen LogP contribution >= 0.6 is 11.3 Å². The first kappa shape index (κ1) is 15.6. The average Bonchev–Trinajstić information content (AvgIpc) is 2.71. The van der Waals surface area contributed by atoms with Crippen LogP contribution in [0.2, 0.25) is 0 Å². The van der Waals surface area contributed by atoms with E-state index in [1.807, 2.05) is 6.92 Å². The third-order valence-electron chi connectivity index (χ3n) is 3.06. The Hall–Kier alpha value is -0.450. The van der Waals surface area contributed by atoms with Gasteiger partial charge in [0.2, 0.25) is 0 Å². The topological polar surface area (TPSA) is 34.2 Å². The van der Waals surface area contributed by atoms with Crippen LogP contribution in [0.1, 0.15) is 44.3 Å². The summed E-state index contributed by atoms with van der Waals surface area (Å²) < 4.78 is 5.53. The van der Waals surface area contributed by atoms with Crippen LogP contribution in [0.15, 0.2) is 5.38 Å². The molecule has 0 saturated heterocycles. The molecule has 3 nitrogen and oxygen atoms in total. The predicted octanol–water partition coefficient (Wildman–Crippen LogP) is 3.18. The number of hydrogen-bond donors (Lipinski definition) is 1. The van der Waals surface area contributed by atoms with Crippen LogP contribution in [0.4, 0.5) is 0 Å². The van der Waals surface area contributed by atoms with Crippen molar-refractivity contribution in [3.63, 3.8) is 0 Å². The molecule has 4 heteroatoms. The number of nitrogens with zero attached hydrogens (tertiary/aromatic N) is 1. The second-order valence-corrected chi connectivity index (χ2v) is 6.35. The van der Waals surface area contributed by atoms with E-state index in [1.165, 1.54) is 5.01 Å². The van der Waals surface area contributed by atoms with Crippen molar-refractivity contribution in [1.29, 1.82) is 0 Å². The predicted molar refractivity (Wildman–Crippen MR) is 78.3 cm³/mol. The zero-order chi connectivity index (χ0) is 13.6. The lowest BCUT2D eigenvalue weighted by molar-refractivity contribution is 0.00714. The third kappa shape index (κ3) is 5.46. The van der Waals surface area contributed by atoms with Crippen molar-refractivity contribution in [2.24, 2.45) is 0 Å². The number of aromatic nitrogens is 1. The summed E-state index contributed by atoms with van der Waals surface area (Å²) in [7, 11) is 1.78. The van der Waals surface area contributed by atoms with Crippen LogP contribution in [0.3, 0.4) is 0 Å². The molecule has 104 valence electrons. The highest BCUT2D eigenvalue weighted by Crippen LogP contribution is 2.19. The molecular formula is C14H26N2OS. The standard InChI is InChI=1S/C14H26N2OS/c1-6-7-15-12(9-14(3,4)17-5)8-13-16-11(2)10-18-13/h10,12,15H,6-9H2,1-5H3. The Morgan fingerprint density at radius 3 is 2.72 bits per heavy atom. The number of thiazole rings is 1. The zero-order valence-corrected chi connectivity index (χ0v) is 13.1. The van der Waals surface area contributed by atoms with Crippen LogP contribution in [-0.2, 0) is 11.2 Å². The van der Waals surface area contributed by atoms with Gasteiger partial charge < -0.3 is 10.1 Å². The van der Waals surface area contributed by atoms with Crippen molar-refractivity contribution < 1.29 is 4.74 Å². The van der Waals surface area contributed by atoms with Crippen molar-refractivity contribution in [1.82, 2.24) is 10.3 Å². The normalized spacial score (nSPS) is 13.8. The second-order valence-electron chi connectivity index (χ2n) is 5.41. The SMILES string of the molecule is CCCNC(Cc1nc(C)cs1)CC(C)(C)OC. The van der Waals surface area contributed by atoms with Crippen LogP contribution in [-0.4, -0.2) is 30.3 Å². The molecule has 1 rings (SSSR count). The van der Waals surface area contributed by atoms with Gasteiger partial charge in [-0.25, -0.2) is 4.98 Å². The molecule has 0 saturated carbocycles. The summed E-state index contributed by atoms with van der Waals surface area (Å²) in [5.74, 6) is 0. The molecule has 0 spiro atoms. The number of aryl methyl sites for hydroxylation is 1. The molecule has 0 fully saturated rings. The molecule has 0 radical (unpaired) electrons. The summed E-state index contributed by atoms with van der Waals surface area (Å²) in [5, 5.41) is 6.94. The first-order valence-electron chi connectivity index (χ1n) is 6.66. The van der Waals surface area contributed by atoms with Crippen molar-refractivity contribution in [2.45, 2.75) is 58.6 Å². The molecule has 0 bridgehead atoms. The number of rotatable bonds is 8. The van der Waals surface area contributed by atoms with Gasteiger partial charge in [-0.05, 0) is 40.2 Å². The molecule has 1 aromatic heterocycles. The van der Waals surface area contributed by atoms with E-state index in [0.717, 1.165) is 31.5 Å². The van der Waals surface area contributed by atoms with Gasteiger partial charge >= 0.3 is 0 Å². The molecule has 18 heavy (non-hydrogen) atoms. The molecule has 0 aliphatic carbocycles. The average molecular weight is 270 g/mol. The Morgan fingerprint density at radius 1 is 1.50 bits per heavy atom. The summed E-state index contributed by atoms with van der Waals surface area (Å²) in [4.78, 5) is 4.55. The van der Waals surface area contributed by atoms with Gasteiger partial charge in [0, 0.05) is 30.6 Å². The second kappa shape index (κ2) is 7.22. The van der Waals surface area contributed by atoms with Crippen molar-refractivity contribution in [3.05, 3.63) is 16.1 Å². The quantitative estimate of drug-likeness (QED) is 0.788. The Kier molecular flexibility index (Phi) is 6.26. The molecule has 1 heterocycles. The van der Waals surface area contributed by atoms with Crippen molar-refractivity contribution in [3.8, 4) is 0 Å². The van der Waals surface area contributed by atoms with E-state index < -0.39 is 0 Å². The molecule has 1 N–H and O–H groups in total. The summed E-state index contributed by atoms with van der Waals surface area (Å²) in [6, 6.07) is 0.436. The molecule has 0 aliphatic heterocycles. The lowest BCUT2D eigenvalue weighted by Gasteiger charge is -2.29. The number of ether oxygens (including phenoxy) is 1. The van der Waals surface area contributed by atoms with E-state index in [-0.39, 0.29) is 5.60 Å². The minimum Gasteiger partial charge on any atom is -0.379 e. The fraction of sp³-hybridized carbons (Fsp3) is 0.786. The molecular weight excluding hydrogens is 244 g/mol. The van der Waals surface area contributed by atoms with E-state index in [4.69, 9.17) is 4.74 Å². The highest BCUT2D eigenvalue weighted by Gasteiger charge is 2.23. The lowest BCUT2D eigenvalue weighted by atomic mass is 9.96. The Bertz CT molecular complexity index is 349. The van der Waals surface area contributed by atoms with Gasteiger partial charge in [-0.2, -0.15) is 0 Å². The molecule has 1 atom stereocenters. The van der Waals surface area contributed by atoms with Crippen LogP contribution in [0.5, 0.6) is 0 Å². The van der Waals surface area contributed by atoms with Gasteiger partial charge in [-0.3, -0.25) is 0 Å². The van der Waals surface area contributed by atoms with Crippen LogP contribution < -0.4 is 5.32 Å². The number of methoxy groups -OCH3 is 1. The lowest BCUT2D eigenvalue weighted by Crippen LogP contribution is -2.39. The Morgan fingerprint density at radius 2 is 2.22 bits per heavy atom. The highest BCUT2D eigenvalue weighted by molar-refractivity contribution is 7.09. The number of nitrogens with one attached hydrogen (secondary N) is 1. The van der Waals surface area contributed by atoms with Crippen LogP contribution in [0, 0.1) is 6.92 Å².